The van der Waals surface area contributed by atoms with Crippen LogP contribution in [0.2, 0.25) is 0 Å². The van der Waals surface area contributed by atoms with Gasteiger partial charge in [-0.1, -0.05) is 6.07 Å². The van der Waals surface area contributed by atoms with Gasteiger partial charge in [0, 0.05) is 12.2 Å². The molecule has 0 saturated carbocycles. The highest BCUT2D eigenvalue weighted by molar-refractivity contribution is 7.98. The summed E-state index contributed by atoms with van der Waals surface area (Å²) in [7, 11) is 0. The number of anilines is 1. The Morgan fingerprint density at radius 1 is 1.18 bits per heavy atom. The molecule has 1 rings (SSSR count). The Morgan fingerprint density at radius 2 is 1.91 bits per heavy atom. The number of carbonyl (C=O) groups is 2. The van der Waals surface area contributed by atoms with Crippen molar-refractivity contribution >= 4 is 29.3 Å². The Hall–Kier alpha value is -1.70. The molecular formula is C14H17F3N2O2S. The van der Waals surface area contributed by atoms with Gasteiger partial charge in [0.15, 0.2) is 0 Å². The Balaban J connectivity index is 2.49. The maximum atomic E-state index is 12.5. The van der Waals surface area contributed by atoms with Crippen molar-refractivity contribution in [3.8, 4) is 0 Å². The smallest absolute Gasteiger partial charge is 0.348 e. The van der Waals surface area contributed by atoms with E-state index in [-0.39, 0.29) is 5.69 Å². The number of hydrogen-bond donors (Lipinski definition) is 2. The Labute approximate surface area is 130 Å². The zero-order chi connectivity index (χ0) is 16.6. The molecule has 2 N–H and O–H groups in total. The van der Waals surface area contributed by atoms with E-state index in [4.69, 9.17) is 0 Å². The molecule has 22 heavy (non-hydrogen) atoms. The number of benzene rings is 1. The number of halogens is 3. The first-order valence-corrected chi connectivity index (χ1v) is 7.99. The van der Waals surface area contributed by atoms with E-state index >= 15 is 0 Å². The highest BCUT2D eigenvalue weighted by Gasteiger charge is 2.30. The number of amides is 2. The van der Waals surface area contributed by atoms with E-state index in [1.54, 1.807) is 11.8 Å². The topological polar surface area (TPSA) is 58.2 Å². The second kappa shape index (κ2) is 8.67. The van der Waals surface area contributed by atoms with Crippen LogP contribution in [0.5, 0.6) is 0 Å². The van der Waals surface area contributed by atoms with Crippen molar-refractivity contribution in [1.29, 1.82) is 0 Å². The number of alkyl halides is 3. The summed E-state index contributed by atoms with van der Waals surface area (Å²) in [6, 6.07) is 4.13. The fraction of sp³-hybridized carbons (Fsp3) is 0.429. The first-order chi connectivity index (χ1) is 10.3. The van der Waals surface area contributed by atoms with Gasteiger partial charge in [-0.05, 0) is 43.0 Å². The van der Waals surface area contributed by atoms with E-state index in [9.17, 15) is 22.8 Å². The molecule has 0 aliphatic heterocycles. The van der Waals surface area contributed by atoms with Gasteiger partial charge in [-0.25, -0.2) is 0 Å². The number of nitrogens with one attached hydrogen (secondary N) is 2. The standard InChI is InChI=1S/C14H17F3N2O2S/c1-22-8-3-2-7-18-12(20)13(21)19-11-6-4-5-10(9-11)14(15,16)17/h4-6,9H,2-3,7-8H2,1H3,(H,18,20)(H,19,21). The van der Waals surface area contributed by atoms with Crippen molar-refractivity contribution in [3.05, 3.63) is 29.8 Å². The Kier molecular flexibility index (Phi) is 7.23. The van der Waals surface area contributed by atoms with Crippen molar-refractivity contribution in [3.63, 3.8) is 0 Å². The molecule has 0 bridgehead atoms. The van der Waals surface area contributed by atoms with E-state index in [0.29, 0.717) is 6.54 Å². The molecule has 2 amide bonds. The number of thioether (sulfide) groups is 1. The molecule has 0 aliphatic carbocycles. The number of hydrogen-bond acceptors (Lipinski definition) is 3. The van der Waals surface area contributed by atoms with Crippen LogP contribution in [0.25, 0.3) is 0 Å². The number of rotatable bonds is 6. The van der Waals surface area contributed by atoms with E-state index in [1.807, 2.05) is 6.26 Å². The van der Waals surface area contributed by atoms with Gasteiger partial charge in [0.2, 0.25) is 0 Å². The average molecular weight is 334 g/mol. The van der Waals surface area contributed by atoms with Crippen molar-refractivity contribution in [1.82, 2.24) is 5.32 Å². The molecule has 0 heterocycles. The fourth-order valence-corrected chi connectivity index (χ4v) is 2.11. The van der Waals surface area contributed by atoms with Gasteiger partial charge in [0.1, 0.15) is 0 Å². The predicted molar refractivity (Wildman–Crippen MR) is 80.7 cm³/mol. The van der Waals surface area contributed by atoms with E-state index in [2.05, 4.69) is 10.6 Å². The zero-order valence-corrected chi connectivity index (χ0v) is 12.8. The van der Waals surface area contributed by atoms with Crippen LogP contribution in [0.3, 0.4) is 0 Å². The normalized spacial score (nSPS) is 11.1. The summed E-state index contributed by atoms with van der Waals surface area (Å²) in [4.78, 5) is 23.1. The molecule has 0 spiro atoms. The van der Waals surface area contributed by atoms with Crippen LogP contribution in [-0.2, 0) is 15.8 Å². The Bertz CT molecular complexity index is 521. The maximum Gasteiger partial charge on any atom is 0.416 e. The summed E-state index contributed by atoms with van der Waals surface area (Å²) >= 11 is 1.69. The third-order valence-electron chi connectivity index (χ3n) is 2.71. The first kappa shape index (κ1) is 18.3. The van der Waals surface area contributed by atoms with Crippen LogP contribution in [0, 0.1) is 0 Å². The molecule has 0 saturated heterocycles. The van der Waals surface area contributed by atoms with Crippen LogP contribution in [0.4, 0.5) is 18.9 Å². The second-order valence-electron chi connectivity index (χ2n) is 4.49. The number of unbranched alkanes of at least 4 members (excludes halogenated alkanes) is 1. The lowest BCUT2D eigenvalue weighted by Crippen LogP contribution is -2.36. The predicted octanol–water partition coefficient (Wildman–Crippen LogP) is 2.90. The molecule has 4 nitrogen and oxygen atoms in total. The third kappa shape index (κ3) is 6.38. The van der Waals surface area contributed by atoms with Gasteiger partial charge in [0.25, 0.3) is 0 Å². The molecule has 0 aliphatic rings. The van der Waals surface area contributed by atoms with Gasteiger partial charge in [-0.2, -0.15) is 24.9 Å². The summed E-state index contributed by atoms with van der Waals surface area (Å²) < 4.78 is 37.6. The first-order valence-electron chi connectivity index (χ1n) is 6.60. The molecular weight excluding hydrogens is 317 g/mol. The lowest BCUT2D eigenvalue weighted by molar-refractivity contribution is -0.137. The largest absolute Gasteiger partial charge is 0.416 e. The quantitative estimate of drug-likeness (QED) is 0.621. The monoisotopic (exact) mass is 334 g/mol. The average Bonchev–Trinajstić information content (AvgIpc) is 2.46. The van der Waals surface area contributed by atoms with E-state index in [0.717, 1.165) is 30.7 Å². The van der Waals surface area contributed by atoms with Crippen LogP contribution in [0.15, 0.2) is 24.3 Å². The summed E-state index contributed by atoms with van der Waals surface area (Å²) in [5, 5.41) is 4.58. The highest BCUT2D eigenvalue weighted by Crippen LogP contribution is 2.30. The summed E-state index contributed by atoms with van der Waals surface area (Å²) in [5.74, 6) is -0.877. The Morgan fingerprint density at radius 3 is 2.55 bits per heavy atom. The molecule has 122 valence electrons. The molecule has 1 aromatic rings. The van der Waals surface area contributed by atoms with Crippen LogP contribution < -0.4 is 10.6 Å². The molecule has 0 aromatic heterocycles. The van der Waals surface area contributed by atoms with Crippen LogP contribution in [0.1, 0.15) is 18.4 Å². The van der Waals surface area contributed by atoms with Gasteiger partial charge in [-0.3, -0.25) is 9.59 Å². The van der Waals surface area contributed by atoms with Crippen LogP contribution >= 0.6 is 11.8 Å². The van der Waals surface area contributed by atoms with Gasteiger partial charge in [0.05, 0.1) is 5.56 Å². The third-order valence-corrected chi connectivity index (χ3v) is 3.41. The summed E-state index contributed by atoms with van der Waals surface area (Å²) in [5.41, 5.74) is -0.958. The van der Waals surface area contributed by atoms with E-state index in [1.165, 1.54) is 12.1 Å². The number of carbonyl (C=O) groups excluding carboxylic acids is 2. The van der Waals surface area contributed by atoms with Gasteiger partial charge in [-0.15, -0.1) is 0 Å². The van der Waals surface area contributed by atoms with Crippen molar-refractivity contribution in [2.45, 2.75) is 19.0 Å². The van der Waals surface area contributed by atoms with Gasteiger partial charge < -0.3 is 10.6 Å². The maximum absolute atomic E-state index is 12.5. The fourth-order valence-electron chi connectivity index (χ4n) is 1.61. The molecule has 1 aromatic carbocycles. The molecule has 0 atom stereocenters. The second-order valence-corrected chi connectivity index (χ2v) is 5.47. The van der Waals surface area contributed by atoms with Crippen molar-refractivity contribution in [2.24, 2.45) is 0 Å². The summed E-state index contributed by atoms with van der Waals surface area (Å²) in [6.07, 6.45) is -0.874. The zero-order valence-electron chi connectivity index (χ0n) is 12.0. The van der Waals surface area contributed by atoms with Crippen molar-refractivity contribution < 1.29 is 22.8 Å². The molecule has 0 radical (unpaired) electrons. The molecule has 0 fully saturated rings. The molecule has 8 heteroatoms. The van der Waals surface area contributed by atoms with Gasteiger partial charge >= 0.3 is 18.0 Å². The minimum atomic E-state index is -4.50. The SMILES string of the molecule is CSCCCCNC(=O)C(=O)Nc1cccc(C(F)(F)F)c1. The minimum absolute atomic E-state index is 0.0719. The lowest BCUT2D eigenvalue weighted by atomic mass is 10.2. The van der Waals surface area contributed by atoms with Crippen molar-refractivity contribution in [2.75, 3.05) is 23.9 Å². The van der Waals surface area contributed by atoms with E-state index < -0.39 is 23.6 Å². The summed E-state index contributed by atoms with van der Waals surface area (Å²) in [6.45, 7) is 0.357. The molecule has 0 unspecified atom stereocenters. The highest BCUT2D eigenvalue weighted by atomic mass is 32.2. The lowest BCUT2D eigenvalue weighted by Gasteiger charge is -2.10. The minimum Gasteiger partial charge on any atom is -0.348 e. The van der Waals surface area contributed by atoms with Crippen LogP contribution in [-0.4, -0.2) is 30.4 Å².